The molecule has 0 fully saturated rings. The highest BCUT2D eigenvalue weighted by Gasteiger charge is 2.20. The highest BCUT2D eigenvalue weighted by molar-refractivity contribution is 5.80. The van der Waals surface area contributed by atoms with Crippen LogP contribution in [-0.4, -0.2) is 39.7 Å². The van der Waals surface area contributed by atoms with Gasteiger partial charge in [-0.15, -0.1) is 10.2 Å². The van der Waals surface area contributed by atoms with Gasteiger partial charge in [0.15, 0.2) is 11.2 Å². The van der Waals surface area contributed by atoms with E-state index in [1.807, 2.05) is 97.3 Å². The lowest BCUT2D eigenvalue weighted by Crippen LogP contribution is -2.38. The van der Waals surface area contributed by atoms with Gasteiger partial charge in [0, 0.05) is 12.1 Å². The average molecular weight is 505 g/mol. The summed E-state index contributed by atoms with van der Waals surface area (Å²) in [4.78, 5) is 33.8. The molecule has 3 aromatic carbocycles. The van der Waals surface area contributed by atoms with Crippen LogP contribution in [0.4, 0.5) is 0 Å². The lowest BCUT2D eigenvalue weighted by atomic mass is 9.98. The zero-order valence-corrected chi connectivity index (χ0v) is 20.8. The molecular formula is C28H24N8O2. The number of imidazole rings is 1. The third-order valence-electron chi connectivity index (χ3n) is 6.81. The summed E-state index contributed by atoms with van der Waals surface area (Å²) in [5.74, 6) is 1.17. The van der Waals surface area contributed by atoms with Crippen LogP contribution in [0.5, 0.6) is 0 Å². The van der Waals surface area contributed by atoms with Gasteiger partial charge in [-0.25, -0.2) is 9.78 Å². The van der Waals surface area contributed by atoms with E-state index in [1.54, 1.807) is 0 Å². The van der Waals surface area contributed by atoms with E-state index >= 15 is 0 Å². The van der Waals surface area contributed by atoms with Crippen LogP contribution in [0.15, 0.2) is 88.5 Å². The van der Waals surface area contributed by atoms with Crippen molar-refractivity contribution in [3.8, 4) is 22.5 Å². The lowest BCUT2D eigenvalue weighted by Gasteiger charge is -2.15. The lowest BCUT2D eigenvalue weighted by molar-refractivity contribution is 0.582. The van der Waals surface area contributed by atoms with Crippen molar-refractivity contribution in [1.82, 2.24) is 39.7 Å². The number of rotatable bonds is 6. The molecule has 3 heterocycles. The van der Waals surface area contributed by atoms with Crippen molar-refractivity contribution in [1.29, 1.82) is 0 Å². The first kappa shape index (κ1) is 23.3. The van der Waals surface area contributed by atoms with E-state index in [1.165, 1.54) is 4.57 Å². The quantitative estimate of drug-likeness (QED) is 0.356. The van der Waals surface area contributed by atoms with Gasteiger partial charge in [-0.1, -0.05) is 78.9 Å². The van der Waals surface area contributed by atoms with Crippen LogP contribution in [0.1, 0.15) is 29.9 Å². The van der Waals surface area contributed by atoms with Gasteiger partial charge in [-0.2, -0.15) is 5.21 Å². The number of aromatic nitrogens is 8. The van der Waals surface area contributed by atoms with Gasteiger partial charge in [0.2, 0.25) is 5.82 Å². The third kappa shape index (κ3) is 4.01. The highest BCUT2D eigenvalue weighted by atomic mass is 16.2. The number of nitrogens with zero attached hydrogens (tertiary/aromatic N) is 6. The molecule has 0 spiro atoms. The molecule has 3 aromatic heterocycles. The number of hydrogen-bond donors (Lipinski definition) is 2. The average Bonchev–Trinajstić information content (AvgIpc) is 3.58. The van der Waals surface area contributed by atoms with Gasteiger partial charge < -0.3 is 4.57 Å². The summed E-state index contributed by atoms with van der Waals surface area (Å²) in [6.07, 6.45) is 0. The Bertz CT molecular complexity index is 1850. The Balaban J connectivity index is 1.37. The van der Waals surface area contributed by atoms with Crippen LogP contribution in [-0.2, 0) is 6.54 Å². The van der Waals surface area contributed by atoms with Crippen LogP contribution in [0.3, 0.4) is 0 Å². The van der Waals surface area contributed by atoms with Crippen molar-refractivity contribution in [2.24, 2.45) is 0 Å². The molecule has 0 bridgehead atoms. The maximum absolute atomic E-state index is 13.6. The summed E-state index contributed by atoms with van der Waals surface area (Å²) in [6, 6.07) is 25.0. The number of H-pyrrole nitrogens is 2. The van der Waals surface area contributed by atoms with E-state index < -0.39 is 11.7 Å². The number of hydrogen-bond acceptors (Lipinski definition) is 6. The molecule has 6 aromatic rings. The number of tetrazole rings is 1. The Kier molecular flexibility index (Phi) is 5.76. The zero-order valence-electron chi connectivity index (χ0n) is 20.8. The summed E-state index contributed by atoms with van der Waals surface area (Å²) in [5.41, 5.74) is 4.54. The van der Waals surface area contributed by atoms with Crippen molar-refractivity contribution >= 4 is 11.2 Å². The minimum atomic E-state index is -0.479. The Morgan fingerprint density at radius 1 is 0.895 bits per heavy atom. The molecule has 0 aliphatic carbocycles. The number of aryl methyl sites for hydroxylation is 1. The number of fused-ring (bicyclic) bond motifs is 1. The molecule has 1 unspecified atom stereocenters. The first-order chi connectivity index (χ1) is 18.5. The number of aromatic amines is 2. The van der Waals surface area contributed by atoms with E-state index in [0.717, 1.165) is 27.8 Å². The predicted molar refractivity (Wildman–Crippen MR) is 144 cm³/mol. The Morgan fingerprint density at radius 3 is 2.32 bits per heavy atom. The minimum absolute atomic E-state index is 0.291. The fourth-order valence-corrected chi connectivity index (χ4v) is 4.84. The van der Waals surface area contributed by atoms with Gasteiger partial charge in [0.25, 0.3) is 5.56 Å². The van der Waals surface area contributed by atoms with E-state index in [9.17, 15) is 9.59 Å². The smallest absolute Gasteiger partial charge is 0.318 e. The van der Waals surface area contributed by atoms with Crippen molar-refractivity contribution in [3.63, 3.8) is 0 Å². The summed E-state index contributed by atoms with van der Waals surface area (Å²) >= 11 is 0. The fraction of sp³-hybridized carbons (Fsp3) is 0.143. The zero-order chi connectivity index (χ0) is 26.2. The summed E-state index contributed by atoms with van der Waals surface area (Å²) in [6.45, 7) is 4.10. The van der Waals surface area contributed by atoms with Crippen LogP contribution in [0.25, 0.3) is 33.7 Å². The molecule has 0 saturated heterocycles. The van der Waals surface area contributed by atoms with Crippen LogP contribution in [0, 0.1) is 6.92 Å². The second-order valence-corrected chi connectivity index (χ2v) is 9.11. The molecule has 6 rings (SSSR count). The molecule has 0 saturated carbocycles. The predicted octanol–water partition coefficient (Wildman–Crippen LogP) is 3.70. The molecule has 38 heavy (non-hydrogen) atoms. The van der Waals surface area contributed by atoms with E-state index in [2.05, 4.69) is 30.6 Å². The van der Waals surface area contributed by atoms with E-state index in [-0.39, 0.29) is 5.56 Å². The van der Waals surface area contributed by atoms with Crippen LogP contribution < -0.4 is 11.2 Å². The fourth-order valence-electron chi connectivity index (χ4n) is 4.84. The topological polar surface area (TPSA) is 127 Å². The van der Waals surface area contributed by atoms with Gasteiger partial charge in [-0.05, 0) is 41.3 Å². The van der Waals surface area contributed by atoms with E-state index in [0.29, 0.717) is 29.4 Å². The highest BCUT2D eigenvalue weighted by Crippen LogP contribution is 2.30. The molecule has 0 aliphatic heterocycles. The van der Waals surface area contributed by atoms with Gasteiger partial charge >= 0.3 is 5.69 Å². The molecule has 2 N–H and O–H groups in total. The summed E-state index contributed by atoms with van der Waals surface area (Å²) < 4.78 is 3.11. The Morgan fingerprint density at radius 2 is 1.61 bits per heavy atom. The first-order valence-corrected chi connectivity index (χ1v) is 12.2. The molecular weight excluding hydrogens is 480 g/mol. The first-order valence-electron chi connectivity index (χ1n) is 12.2. The van der Waals surface area contributed by atoms with E-state index in [4.69, 9.17) is 0 Å². The summed E-state index contributed by atoms with van der Waals surface area (Å²) in [5, 5.41) is 14.4. The second kappa shape index (κ2) is 9.40. The number of benzene rings is 3. The van der Waals surface area contributed by atoms with Gasteiger partial charge in [0.1, 0.15) is 5.82 Å². The molecule has 0 amide bonds. The molecule has 1 atom stereocenters. The normalized spacial score (nSPS) is 12.2. The Labute approximate surface area is 216 Å². The second-order valence-electron chi connectivity index (χ2n) is 9.11. The van der Waals surface area contributed by atoms with Crippen molar-refractivity contribution in [3.05, 3.63) is 117 Å². The molecule has 0 radical (unpaired) electrons. The maximum atomic E-state index is 13.6. The summed E-state index contributed by atoms with van der Waals surface area (Å²) in [7, 11) is 0. The maximum Gasteiger partial charge on any atom is 0.330 e. The third-order valence-corrected chi connectivity index (χ3v) is 6.81. The van der Waals surface area contributed by atoms with Crippen LogP contribution in [0.2, 0.25) is 0 Å². The van der Waals surface area contributed by atoms with Gasteiger partial charge in [0.05, 0.1) is 6.04 Å². The molecule has 10 nitrogen and oxygen atoms in total. The van der Waals surface area contributed by atoms with Crippen molar-refractivity contribution < 1.29 is 0 Å². The SMILES string of the molecule is Cc1nc2[nH]c(=O)n(C(C)c3ccccc3)c(=O)c2n1Cc1ccc(-c2ccccc2-c2nn[nH]n2)cc1. The largest absolute Gasteiger partial charge is 0.330 e. The standard InChI is InChI=1S/C28H24N8O2/c1-17(20-8-4-3-5-9-20)36-27(37)24-26(30-28(36)38)29-18(2)35(24)16-19-12-14-21(15-13-19)22-10-6-7-11-23(22)25-31-33-34-32-25/h3-15,17H,16H2,1-2H3,(H,30,38)(H,31,32,33,34). The number of nitrogens with one attached hydrogen (secondary N) is 2. The van der Waals surface area contributed by atoms with Crippen molar-refractivity contribution in [2.45, 2.75) is 26.4 Å². The van der Waals surface area contributed by atoms with Gasteiger partial charge in [-0.3, -0.25) is 14.3 Å². The van der Waals surface area contributed by atoms with Crippen molar-refractivity contribution in [2.75, 3.05) is 0 Å². The molecule has 10 heteroatoms. The molecule has 0 aliphatic rings. The molecule has 188 valence electrons. The minimum Gasteiger partial charge on any atom is -0.318 e. The Hall–Kier alpha value is -5.12. The van der Waals surface area contributed by atoms with Crippen LogP contribution >= 0.6 is 0 Å². The monoisotopic (exact) mass is 504 g/mol.